The van der Waals surface area contributed by atoms with Crippen LogP contribution in [0.5, 0.6) is 0 Å². The van der Waals surface area contributed by atoms with Gasteiger partial charge >= 0.3 is 0 Å². The minimum absolute atomic E-state index is 0.755. The van der Waals surface area contributed by atoms with Crippen LogP contribution in [-0.4, -0.2) is 4.99 Å². The molecule has 0 heterocycles. The zero-order valence-electron chi connectivity index (χ0n) is 11.3. The number of nitrogens with one attached hydrogen (secondary N) is 1. The molecule has 0 aliphatic rings. The van der Waals surface area contributed by atoms with E-state index < -0.39 is 0 Å². The van der Waals surface area contributed by atoms with Crippen LogP contribution in [0.4, 0.5) is 5.69 Å². The molecular formula is C18H15NS. The maximum Gasteiger partial charge on any atom is 0.111 e. The SMILES string of the molecule is Cc1cccc(C(=S)Nc2cccc3ccccc23)c1. The van der Waals surface area contributed by atoms with Gasteiger partial charge in [0.1, 0.15) is 4.99 Å². The predicted octanol–water partition coefficient (Wildman–Crippen LogP) is 4.94. The lowest BCUT2D eigenvalue weighted by atomic mass is 10.1. The van der Waals surface area contributed by atoms with Crippen molar-refractivity contribution in [2.75, 3.05) is 5.32 Å². The van der Waals surface area contributed by atoms with E-state index in [1.54, 1.807) is 0 Å². The second-order valence-corrected chi connectivity index (χ2v) is 5.26. The van der Waals surface area contributed by atoms with Gasteiger partial charge in [-0.3, -0.25) is 0 Å². The molecule has 0 aromatic heterocycles. The zero-order valence-corrected chi connectivity index (χ0v) is 12.1. The topological polar surface area (TPSA) is 12.0 Å². The Bertz CT molecular complexity index is 772. The second kappa shape index (κ2) is 5.43. The highest BCUT2D eigenvalue weighted by Crippen LogP contribution is 2.23. The maximum atomic E-state index is 5.51. The number of thiocarbonyl (C=S) groups is 1. The summed E-state index contributed by atoms with van der Waals surface area (Å²) >= 11 is 5.51. The number of fused-ring (bicyclic) bond motifs is 1. The number of aryl methyl sites for hydroxylation is 1. The molecule has 0 aliphatic heterocycles. The lowest BCUT2D eigenvalue weighted by Gasteiger charge is -2.11. The fourth-order valence-electron chi connectivity index (χ4n) is 2.32. The van der Waals surface area contributed by atoms with Crippen LogP contribution in [0.2, 0.25) is 0 Å². The van der Waals surface area contributed by atoms with Crippen molar-refractivity contribution in [1.82, 2.24) is 0 Å². The number of anilines is 1. The van der Waals surface area contributed by atoms with Crippen LogP contribution in [0.25, 0.3) is 10.8 Å². The van der Waals surface area contributed by atoms with E-state index in [1.807, 2.05) is 30.3 Å². The number of rotatable bonds is 2. The zero-order chi connectivity index (χ0) is 13.9. The van der Waals surface area contributed by atoms with E-state index in [9.17, 15) is 0 Å². The van der Waals surface area contributed by atoms with E-state index in [-0.39, 0.29) is 0 Å². The minimum Gasteiger partial charge on any atom is -0.346 e. The largest absolute Gasteiger partial charge is 0.346 e. The molecule has 1 nitrogen and oxygen atoms in total. The van der Waals surface area contributed by atoms with Crippen LogP contribution >= 0.6 is 12.2 Å². The Morgan fingerprint density at radius 1 is 0.900 bits per heavy atom. The van der Waals surface area contributed by atoms with E-state index in [4.69, 9.17) is 12.2 Å². The molecule has 3 aromatic carbocycles. The molecular weight excluding hydrogens is 262 g/mol. The summed E-state index contributed by atoms with van der Waals surface area (Å²) in [5.74, 6) is 0. The molecule has 1 N–H and O–H groups in total. The molecule has 0 aliphatic carbocycles. The summed E-state index contributed by atoms with van der Waals surface area (Å²) in [6.45, 7) is 2.07. The first-order valence-electron chi connectivity index (χ1n) is 6.60. The average Bonchev–Trinajstić information content (AvgIpc) is 2.47. The number of hydrogen-bond acceptors (Lipinski definition) is 1. The number of hydrogen-bond donors (Lipinski definition) is 1. The normalized spacial score (nSPS) is 10.4. The second-order valence-electron chi connectivity index (χ2n) is 4.85. The third-order valence-corrected chi connectivity index (χ3v) is 3.66. The molecule has 0 amide bonds. The Morgan fingerprint density at radius 2 is 1.65 bits per heavy atom. The quantitative estimate of drug-likeness (QED) is 0.666. The van der Waals surface area contributed by atoms with Gasteiger partial charge in [0.2, 0.25) is 0 Å². The van der Waals surface area contributed by atoms with Gasteiger partial charge in [0.15, 0.2) is 0 Å². The molecule has 0 atom stereocenters. The van der Waals surface area contributed by atoms with Crippen molar-refractivity contribution < 1.29 is 0 Å². The Morgan fingerprint density at radius 3 is 2.50 bits per heavy atom. The van der Waals surface area contributed by atoms with Crippen LogP contribution < -0.4 is 5.32 Å². The van der Waals surface area contributed by atoms with Crippen molar-refractivity contribution in [3.8, 4) is 0 Å². The first kappa shape index (κ1) is 12.8. The molecule has 0 saturated heterocycles. The van der Waals surface area contributed by atoms with E-state index in [0.29, 0.717) is 0 Å². The van der Waals surface area contributed by atoms with Crippen molar-refractivity contribution in [1.29, 1.82) is 0 Å². The summed E-state index contributed by atoms with van der Waals surface area (Å²) in [5, 5.41) is 5.76. The molecule has 2 heteroatoms. The average molecular weight is 277 g/mol. The van der Waals surface area contributed by atoms with Gasteiger partial charge in [-0.25, -0.2) is 0 Å². The van der Waals surface area contributed by atoms with Crippen LogP contribution in [0.1, 0.15) is 11.1 Å². The fraction of sp³-hybridized carbons (Fsp3) is 0.0556. The minimum atomic E-state index is 0.755. The lowest BCUT2D eigenvalue weighted by Crippen LogP contribution is -2.10. The highest BCUT2D eigenvalue weighted by molar-refractivity contribution is 7.81. The van der Waals surface area contributed by atoms with Crippen molar-refractivity contribution in [2.24, 2.45) is 0 Å². The number of benzene rings is 3. The van der Waals surface area contributed by atoms with Crippen molar-refractivity contribution in [3.05, 3.63) is 77.9 Å². The fourth-order valence-corrected chi connectivity index (χ4v) is 2.55. The van der Waals surface area contributed by atoms with E-state index in [0.717, 1.165) is 16.2 Å². The molecule has 3 aromatic rings. The van der Waals surface area contributed by atoms with Crippen LogP contribution in [0, 0.1) is 6.92 Å². The Hall–Kier alpha value is -2.19. The highest BCUT2D eigenvalue weighted by Gasteiger charge is 2.04. The molecule has 0 spiro atoms. The summed E-state index contributed by atoms with van der Waals surface area (Å²) in [4.78, 5) is 0.755. The van der Waals surface area contributed by atoms with Gasteiger partial charge in [-0.15, -0.1) is 0 Å². The van der Waals surface area contributed by atoms with Crippen LogP contribution in [0.3, 0.4) is 0 Å². The maximum absolute atomic E-state index is 5.51. The highest BCUT2D eigenvalue weighted by atomic mass is 32.1. The van der Waals surface area contributed by atoms with Gasteiger partial charge < -0.3 is 5.32 Å². The van der Waals surface area contributed by atoms with Crippen LogP contribution in [0.15, 0.2) is 66.7 Å². The Labute approximate surface area is 124 Å². The standard InChI is InChI=1S/C18H15NS/c1-13-6-4-9-15(12-13)18(20)19-17-11-5-8-14-7-2-3-10-16(14)17/h2-12H,1H3,(H,19,20). The predicted molar refractivity (Wildman–Crippen MR) is 90.4 cm³/mol. The molecule has 0 bridgehead atoms. The Kier molecular flexibility index (Phi) is 3.48. The molecule has 0 saturated carbocycles. The summed E-state index contributed by atoms with van der Waals surface area (Å²) in [5.41, 5.74) is 3.31. The van der Waals surface area contributed by atoms with Gasteiger partial charge in [-0.1, -0.05) is 72.4 Å². The van der Waals surface area contributed by atoms with Crippen molar-refractivity contribution >= 4 is 33.7 Å². The first-order chi connectivity index (χ1) is 9.74. The Balaban J connectivity index is 1.95. The van der Waals surface area contributed by atoms with Gasteiger partial charge in [-0.05, 0) is 24.4 Å². The summed E-state index contributed by atoms with van der Waals surface area (Å²) < 4.78 is 0. The molecule has 0 fully saturated rings. The van der Waals surface area contributed by atoms with E-state index in [2.05, 4.69) is 48.6 Å². The molecule has 98 valence electrons. The lowest BCUT2D eigenvalue weighted by molar-refractivity contribution is 1.46. The summed E-state index contributed by atoms with van der Waals surface area (Å²) in [6, 6.07) is 22.8. The molecule has 20 heavy (non-hydrogen) atoms. The summed E-state index contributed by atoms with van der Waals surface area (Å²) in [7, 11) is 0. The van der Waals surface area contributed by atoms with E-state index >= 15 is 0 Å². The van der Waals surface area contributed by atoms with Gasteiger partial charge in [-0.2, -0.15) is 0 Å². The smallest absolute Gasteiger partial charge is 0.111 e. The van der Waals surface area contributed by atoms with Crippen molar-refractivity contribution in [2.45, 2.75) is 6.92 Å². The van der Waals surface area contributed by atoms with Crippen LogP contribution in [-0.2, 0) is 0 Å². The van der Waals surface area contributed by atoms with E-state index in [1.165, 1.54) is 16.3 Å². The summed E-state index contributed by atoms with van der Waals surface area (Å²) in [6.07, 6.45) is 0. The van der Waals surface area contributed by atoms with Gasteiger partial charge in [0.05, 0.1) is 0 Å². The molecule has 0 unspecified atom stereocenters. The van der Waals surface area contributed by atoms with Crippen molar-refractivity contribution in [3.63, 3.8) is 0 Å². The van der Waals surface area contributed by atoms with Gasteiger partial charge in [0, 0.05) is 16.6 Å². The third-order valence-electron chi connectivity index (χ3n) is 3.32. The molecule has 0 radical (unpaired) electrons. The third kappa shape index (κ3) is 2.56. The monoisotopic (exact) mass is 277 g/mol. The first-order valence-corrected chi connectivity index (χ1v) is 7.01. The van der Waals surface area contributed by atoms with Gasteiger partial charge in [0.25, 0.3) is 0 Å². The molecule has 3 rings (SSSR count).